The van der Waals surface area contributed by atoms with Gasteiger partial charge >= 0.3 is 0 Å². The molecule has 2 aromatic carbocycles. The molecule has 0 saturated carbocycles. The van der Waals surface area contributed by atoms with Gasteiger partial charge in [-0.25, -0.2) is 4.98 Å². The van der Waals surface area contributed by atoms with E-state index < -0.39 is 0 Å². The van der Waals surface area contributed by atoms with Crippen molar-refractivity contribution in [1.29, 1.82) is 0 Å². The summed E-state index contributed by atoms with van der Waals surface area (Å²) in [7, 11) is 1.55. The second-order valence-corrected chi connectivity index (χ2v) is 7.37. The van der Waals surface area contributed by atoms with Gasteiger partial charge in [-0.05, 0) is 30.3 Å². The lowest BCUT2D eigenvalue weighted by molar-refractivity contribution is 0.00373. The predicted molar refractivity (Wildman–Crippen MR) is 113 cm³/mol. The zero-order chi connectivity index (χ0) is 21.2. The number of nitrogens with zero attached hydrogens (tertiary/aromatic N) is 2. The number of aromatic nitrogens is 2. The third-order valence-corrected chi connectivity index (χ3v) is 5.45. The van der Waals surface area contributed by atoms with Gasteiger partial charge in [0, 0.05) is 12.1 Å². The minimum atomic E-state index is -0.190. The number of carbonyl (C=O) groups is 1. The van der Waals surface area contributed by atoms with E-state index in [1.807, 2.05) is 36.5 Å². The van der Waals surface area contributed by atoms with Gasteiger partial charge in [0.2, 0.25) is 0 Å². The van der Waals surface area contributed by atoms with Crippen LogP contribution in [-0.4, -0.2) is 48.4 Å². The van der Waals surface area contributed by atoms with Crippen molar-refractivity contribution in [2.24, 2.45) is 0 Å². The molecule has 0 aliphatic carbocycles. The van der Waals surface area contributed by atoms with Crippen molar-refractivity contribution in [3.05, 3.63) is 60.0 Å². The van der Waals surface area contributed by atoms with Crippen LogP contribution >= 0.6 is 0 Å². The van der Waals surface area contributed by atoms with Crippen molar-refractivity contribution >= 4 is 5.91 Å². The minimum Gasteiger partial charge on any atom is -0.496 e. The van der Waals surface area contributed by atoms with Gasteiger partial charge < -0.3 is 28.8 Å². The fourth-order valence-corrected chi connectivity index (χ4v) is 3.87. The number of ether oxygens (including phenoxy) is 4. The molecule has 8 heteroatoms. The van der Waals surface area contributed by atoms with Crippen LogP contribution in [-0.2, 0) is 17.9 Å². The summed E-state index contributed by atoms with van der Waals surface area (Å²) < 4.78 is 24.7. The highest BCUT2D eigenvalue weighted by Gasteiger charge is 2.24. The summed E-state index contributed by atoms with van der Waals surface area (Å²) in [5.41, 5.74) is 2.49. The Hall–Kier alpha value is -3.52. The Bertz CT molecular complexity index is 1110. The van der Waals surface area contributed by atoms with E-state index >= 15 is 0 Å². The number of para-hydroxylation sites is 1. The first-order valence-electron chi connectivity index (χ1n) is 10.2. The van der Waals surface area contributed by atoms with E-state index in [1.54, 1.807) is 19.2 Å². The Morgan fingerprint density at radius 2 is 2.03 bits per heavy atom. The molecule has 31 heavy (non-hydrogen) atoms. The van der Waals surface area contributed by atoms with Crippen LogP contribution in [0.1, 0.15) is 16.2 Å². The third-order valence-electron chi connectivity index (χ3n) is 5.45. The smallest absolute Gasteiger partial charge is 0.255 e. The van der Waals surface area contributed by atoms with Crippen LogP contribution in [0, 0.1) is 0 Å². The summed E-state index contributed by atoms with van der Waals surface area (Å²) >= 11 is 0. The molecule has 5 rings (SSSR count). The molecule has 1 atom stereocenters. The molecule has 2 aliphatic rings. The molecule has 1 N–H and O–H groups in total. The summed E-state index contributed by atoms with van der Waals surface area (Å²) in [5, 5.41) is 2.95. The van der Waals surface area contributed by atoms with Gasteiger partial charge in [-0.2, -0.15) is 0 Å². The first-order chi connectivity index (χ1) is 15.2. The molecule has 1 aromatic heterocycles. The van der Waals surface area contributed by atoms with Crippen LogP contribution in [0.25, 0.3) is 11.3 Å². The lowest BCUT2D eigenvalue weighted by Gasteiger charge is -2.26. The predicted octanol–water partition coefficient (Wildman–Crippen LogP) is 2.66. The number of hydrogen-bond donors (Lipinski definition) is 1. The molecule has 160 valence electrons. The summed E-state index contributed by atoms with van der Waals surface area (Å²) in [5.74, 6) is 2.71. The van der Waals surface area contributed by atoms with Crippen LogP contribution in [0.5, 0.6) is 17.2 Å². The number of benzene rings is 2. The summed E-state index contributed by atoms with van der Waals surface area (Å²) in [4.78, 5) is 17.1. The highest BCUT2D eigenvalue weighted by Crippen LogP contribution is 2.35. The largest absolute Gasteiger partial charge is 0.496 e. The van der Waals surface area contributed by atoms with Crippen molar-refractivity contribution in [3.63, 3.8) is 0 Å². The maximum atomic E-state index is 12.6. The van der Waals surface area contributed by atoms with Gasteiger partial charge in [-0.3, -0.25) is 4.79 Å². The number of nitrogens with one attached hydrogen (secondary N) is 1. The van der Waals surface area contributed by atoms with Crippen molar-refractivity contribution in [2.75, 3.05) is 26.9 Å². The SMILES string of the molecule is COc1ccccc1C(=O)NC[C@H]1Cn2c(-c3ccc4c(c3)OCCO4)cnc2CO1. The van der Waals surface area contributed by atoms with Crippen LogP contribution in [0.3, 0.4) is 0 Å². The van der Waals surface area contributed by atoms with Gasteiger partial charge in [-0.1, -0.05) is 12.1 Å². The van der Waals surface area contributed by atoms with E-state index in [0.717, 1.165) is 28.6 Å². The van der Waals surface area contributed by atoms with Crippen LogP contribution in [0.15, 0.2) is 48.7 Å². The molecule has 0 bridgehead atoms. The molecule has 0 fully saturated rings. The summed E-state index contributed by atoms with van der Waals surface area (Å²) in [6, 6.07) is 13.1. The number of hydrogen-bond acceptors (Lipinski definition) is 6. The first kappa shape index (κ1) is 19.4. The van der Waals surface area contributed by atoms with E-state index in [-0.39, 0.29) is 12.0 Å². The third kappa shape index (κ3) is 3.82. The Kier molecular flexibility index (Phi) is 5.21. The molecule has 2 aliphatic heterocycles. The number of carbonyl (C=O) groups excluding carboxylic acids is 1. The first-order valence-corrected chi connectivity index (χ1v) is 10.2. The van der Waals surface area contributed by atoms with Crippen LogP contribution < -0.4 is 19.5 Å². The van der Waals surface area contributed by atoms with Crippen LogP contribution in [0.4, 0.5) is 0 Å². The molecule has 0 spiro atoms. The minimum absolute atomic E-state index is 0.170. The fourth-order valence-electron chi connectivity index (χ4n) is 3.87. The molecule has 3 aromatic rings. The lowest BCUT2D eigenvalue weighted by Crippen LogP contribution is -2.39. The Morgan fingerprint density at radius 3 is 2.90 bits per heavy atom. The standard InChI is InChI=1S/C23H23N3O5/c1-28-19-5-3-2-4-17(19)23(27)25-11-16-13-26-18(12-24-22(26)14-31-16)15-6-7-20-21(10-15)30-9-8-29-20/h2-7,10,12,16H,8-9,11,13-14H2,1H3,(H,25,27)/t16-/m0/s1. The maximum Gasteiger partial charge on any atom is 0.255 e. The number of rotatable bonds is 5. The van der Waals surface area contributed by atoms with E-state index in [9.17, 15) is 4.79 Å². The van der Waals surface area contributed by atoms with Crippen molar-refractivity contribution < 1.29 is 23.7 Å². The zero-order valence-corrected chi connectivity index (χ0v) is 17.2. The molecule has 1 amide bonds. The normalized spacial score (nSPS) is 17.0. The van der Waals surface area contributed by atoms with E-state index in [4.69, 9.17) is 18.9 Å². The molecule has 3 heterocycles. The van der Waals surface area contributed by atoms with Crippen molar-refractivity contribution in [3.8, 4) is 28.5 Å². The second-order valence-electron chi connectivity index (χ2n) is 7.37. The summed E-state index contributed by atoms with van der Waals surface area (Å²) in [6.45, 7) is 2.47. The van der Waals surface area contributed by atoms with Gasteiger partial charge in [-0.15, -0.1) is 0 Å². The number of methoxy groups -OCH3 is 1. The Morgan fingerprint density at radius 1 is 1.19 bits per heavy atom. The summed E-state index contributed by atoms with van der Waals surface area (Å²) in [6.07, 6.45) is 1.68. The highest BCUT2D eigenvalue weighted by molar-refractivity contribution is 5.96. The lowest BCUT2D eigenvalue weighted by atomic mass is 10.1. The molecule has 0 radical (unpaired) electrons. The zero-order valence-electron chi connectivity index (χ0n) is 17.2. The molecular weight excluding hydrogens is 398 g/mol. The Labute approximate surface area is 179 Å². The van der Waals surface area contributed by atoms with Gasteiger partial charge in [0.1, 0.15) is 31.4 Å². The highest BCUT2D eigenvalue weighted by atomic mass is 16.6. The Balaban J connectivity index is 1.30. The molecular formula is C23H23N3O5. The monoisotopic (exact) mass is 421 g/mol. The molecule has 0 unspecified atom stereocenters. The number of imidazole rings is 1. The topological polar surface area (TPSA) is 83.8 Å². The molecule has 0 saturated heterocycles. The molecule has 8 nitrogen and oxygen atoms in total. The van der Waals surface area contributed by atoms with Gasteiger partial charge in [0.05, 0.1) is 37.2 Å². The van der Waals surface area contributed by atoms with Crippen molar-refractivity contribution in [2.45, 2.75) is 19.3 Å². The van der Waals surface area contributed by atoms with Gasteiger partial charge in [0.15, 0.2) is 11.5 Å². The van der Waals surface area contributed by atoms with Crippen LogP contribution in [0.2, 0.25) is 0 Å². The van der Waals surface area contributed by atoms with E-state index in [0.29, 0.717) is 44.2 Å². The van der Waals surface area contributed by atoms with E-state index in [1.165, 1.54) is 0 Å². The van der Waals surface area contributed by atoms with Gasteiger partial charge in [0.25, 0.3) is 5.91 Å². The fraction of sp³-hybridized carbons (Fsp3) is 0.304. The second kappa shape index (κ2) is 8.31. The average Bonchev–Trinajstić information content (AvgIpc) is 3.25. The average molecular weight is 421 g/mol. The van der Waals surface area contributed by atoms with E-state index in [2.05, 4.69) is 14.9 Å². The number of fused-ring (bicyclic) bond motifs is 2. The number of amides is 1. The quantitative estimate of drug-likeness (QED) is 0.682. The van der Waals surface area contributed by atoms with Crippen molar-refractivity contribution in [1.82, 2.24) is 14.9 Å². The maximum absolute atomic E-state index is 12.6.